The minimum Gasteiger partial charge on any atom is -0.465 e. The van der Waals surface area contributed by atoms with E-state index in [0.717, 1.165) is 24.3 Å². The van der Waals surface area contributed by atoms with Crippen molar-refractivity contribution in [1.29, 1.82) is 0 Å². The molecule has 0 spiro atoms. The fraction of sp³-hybridized carbons (Fsp3) is 0.333. The van der Waals surface area contributed by atoms with Crippen LogP contribution in [-0.2, 0) is 0 Å². The van der Waals surface area contributed by atoms with Crippen LogP contribution in [0.25, 0.3) is 5.69 Å². The van der Waals surface area contributed by atoms with Crippen molar-refractivity contribution in [3.8, 4) is 5.69 Å². The van der Waals surface area contributed by atoms with Gasteiger partial charge < -0.3 is 15.3 Å². The van der Waals surface area contributed by atoms with Crippen molar-refractivity contribution in [2.24, 2.45) is 0 Å². The molecule has 6 nitrogen and oxygen atoms in total. The summed E-state index contributed by atoms with van der Waals surface area (Å²) in [6, 6.07) is 11.9. The average molecular weight is 286 g/mol. The van der Waals surface area contributed by atoms with Gasteiger partial charge in [-0.15, -0.1) is 0 Å². The standard InChI is InChI=1S/C15H18N4O2/c20-15(21)18-9-4-5-12(11-18)16-14-8-10-19(17-14)13-6-2-1-3-7-13/h1-3,6-8,10,12H,4-5,9,11H2,(H,16,17)(H,20,21). The van der Waals surface area contributed by atoms with E-state index in [1.807, 2.05) is 42.6 Å². The zero-order chi connectivity index (χ0) is 14.7. The molecule has 2 heterocycles. The summed E-state index contributed by atoms with van der Waals surface area (Å²) in [5, 5.41) is 16.9. The number of para-hydroxylation sites is 1. The topological polar surface area (TPSA) is 70.4 Å². The maximum atomic E-state index is 11.0. The summed E-state index contributed by atoms with van der Waals surface area (Å²) in [4.78, 5) is 12.5. The Balaban J connectivity index is 1.66. The number of aromatic nitrogens is 2. The van der Waals surface area contributed by atoms with Gasteiger partial charge in [0.1, 0.15) is 5.82 Å². The van der Waals surface area contributed by atoms with Crippen molar-refractivity contribution >= 4 is 11.9 Å². The average Bonchev–Trinajstić information content (AvgIpc) is 2.97. The van der Waals surface area contributed by atoms with Crippen LogP contribution in [-0.4, -0.2) is 45.0 Å². The van der Waals surface area contributed by atoms with E-state index in [4.69, 9.17) is 5.11 Å². The van der Waals surface area contributed by atoms with Crippen LogP contribution in [0.5, 0.6) is 0 Å². The molecule has 2 aromatic rings. The third-order valence-corrected chi connectivity index (χ3v) is 3.65. The number of hydrogen-bond acceptors (Lipinski definition) is 3. The molecule has 0 bridgehead atoms. The minimum atomic E-state index is -0.851. The second kappa shape index (κ2) is 5.87. The van der Waals surface area contributed by atoms with Gasteiger partial charge in [-0.05, 0) is 25.0 Å². The summed E-state index contributed by atoms with van der Waals surface area (Å²) in [6.07, 6.45) is 2.89. The molecule has 1 fully saturated rings. The van der Waals surface area contributed by atoms with Crippen molar-refractivity contribution < 1.29 is 9.90 Å². The van der Waals surface area contributed by atoms with E-state index in [-0.39, 0.29) is 6.04 Å². The number of piperidine rings is 1. The molecule has 110 valence electrons. The van der Waals surface area contributed by atoms with E-state index in [1.54, 1.807) is 4.68 Å². The molecular formula is C15H18N4O2. The predicted octanol–water partition coefficient (Wildman–Crippen LogP) is 2.43. The highest BCUT2D eigenvalue weighted by atomic mass is 16.4. The molecule has 0 aliphatic carbocycles. The van der Waals surface area contributed by atoms with Crippen LogP contribution in [0.1, 0.15) is 12.8 Å². The van der Waals surface area contributed by atoms with Crippen molar-refractivity contribution in [3.05, 3.63) is 42.6 Å². The lowest BCUT2D eigenvalue weighted by Crippen LogP contribution is -2.44. The number of carbonyl (C=O) groups is 1. The summed E-state index contributed by atoms with van der Waals surface area (Å²) in [5.74, 6) is 0.774. The molecule has 1 aromatic heterocycles. The summed E-state index contributed by atoms with van der Waals surface area (Å²) in [7, 11) is 0. The molecular weight excluding hydrogens is 268 g/mol. The molecule has 21 heavy (non-hydrogen) atoms. The highest BCUT2D eigenvalue weighted by Gasteiger charge is 2.23. The fourth-order valence-electron chi connectivity index (χ4n) is 2.60. The van der Waals surface area contributed by atoms with Gasteiger partial charge in [-0.25, -0.2) is 9.48 Å². The highest BCUT2D eigenvalue weighted by molar-refractivity contribution is 5.65. The first kappa shape index (κ1) is 13.5. The Bertz CT molecular complexity index is 611. The normalized spacial score (nSPS) is 18.5. The predicted molar refractivity (Wildman–Crippen MR) is 79.8 cm³/mol. The van der Waals surface area contributed by atoms with E-state index in [2.05, 4.69) is 10.4 Å². The first-order chi connectivity index (χ1) is 10.2. The second-order valence-corrected chi connectivity index (χ2v) is 5.19. The summed E-state index contributed by atoms with van der Waals surface area (Å²) < 4.78 is 1.81. The molecule has 1 atom stereocenters. The Morgan fingerprint density at radius 3 is 2.86 bits per heavy atom. The van der Waals surface area contributed by atoms with Crippen molar-refractivity contribution in [1.82, 2.24) is 14.7 Å². The van der Waals surface area contributed by atoms with Gasteiger partial charge in [0.25, 0.3) is 0 Å². The van der Waals surface area contributed by atoms with E-state index < -0.39 is 6.09 Å². The maximum Gasteiger partial charge on any atom is 0.407 e. The lowest BCUT2D eigenvalue weighted by atomic mass is 10.1. The Morgan fingerprint density at radius 2 is 2.10 bits per heavy atom. The van der Waals surface area contributed by atoms with Crippen LogP contribution in [0, 0.1) is 0 Å². The molecule has 1 saturated heterocycles. The Hall–Kier alpha value is -2.50. The van der Waals surface area contributed by atoms with E-state index >= 15 is 0 Å². The zero-order valence-electron chi connectivity index (χ0n) is 11.6. The van der Waals surface area contributed by atoms with E-state index in [1.165, 1.54) is 4.90 Å². The van der Waals surface area contributed by atoms with Gasteiger partial charge in [0.2, 0.25) is 0 Å². The summed E-state index contributed by atoms with van der Waals surface area (Å²) in [6.45, 7) is 1.12. The van der Waals surface area contributed by atoms with Crippen LogP contribution in [0.3, 0.4) is 0 Å². The number of nitrogens with one attached hydrogen (secondary N) is 1. The molecule has 2 N–H and O–H groups in total. The number of likely N-dealkylation sites (tertiary alicyclic amines) is 1. The number of anilines is 1. The molecule has 1 aromatic carbocycles. The number of hydrogen-bond donors (Lipinski definition) is 2. The third-order valence-electron chi connectivity index (χ3n) is 3.65. The van der Waals surface area contributed by atoms with Crippen molar-refractivity contribution in [2.75, 3.05) is 18.4 Å². The maximum absolute atomic E-state index is 11.0. The fourth-order valence-corrected chi connectivity index (χ4v) is 2.60. The van der Waals surface area contributed by atoms with E-state index in [9.17, 15) is 4.79 Å². The number of carboxylic acid groups (broad SMARTS) is 1. The van der Waals surface area contributed by atoms with Gasteiger partial charge in [-0.2, -0.15) is 5.10 Å². The summed E-state index contributed by atoms with van der Waals surface area (Å²) >= 11 is 0. The smallest absolute Gasteiger partial charge is 0.407 e. The van der Waals surface area contributed by atoms with Crippen LogP contribution in [0.2, 0.25) is 0 Å². The van der Waals surface area contributed by atoms with Gasteiger partial charge in [-0.1, -0.05) is 18.2 Å². The van der Waals surface area contributed by atoms with Gasteiger partial charge in [-0.3, -0.25) is 0 Å². The lowest BCUT2D eigenvalue weighted by Gasteiger charge is -2.31. The monoisotopic (exact) mass is 286 g/mol. The Kier molecular flexibility index (Phi) is 3.77. The van der Waals surface area contributed by atoms with E-state index in [0.29, 0.717) is 13.1 Å². The molecule has 6 heteroatoms. The van der Waals surface area contributed by atoms with Gasteiger partial charge >= 0.3 is 6.09 Å². The molecule has 0 radical (unpaired) electrons. The molecule has 1 aliphatic heterocycles. The quantitative estimate of drug-likeness (QED) is 0.909. The third kappa shape index (κ3) is 3.16. The first-order valence-corrected chi connectivity index (χ1v) is 7.08. The largest absolute Gasteiger partial charge is 0.465 e. The Morgan fingerprint density at radius 1 is 1.29 bits per heavy atom. The highest BCUT2D eigenvalue weighted by Crippen LogP contribution is 2.16. The Labute approximate surface area is 123 Å². The summed E-state index contributed by atoms with van der Waals surface area (Å²) in [5.41, 5.74) is 1.00. The molecule has 1 amide bonds. The van der Waals surface area contributed by atoms with Crippen molar-refractivity contribution in [2.45, 2.75) is 18.9 Å². The van der Waals surface area contributed by atoms with Crippen LogP contribution < -0.4 is 5.32 Å². The first-order valence-electron chi connectivity index (χ1n) is 7.08. The second-order valence-electron chi connectivity index (χ2n) is 5.19. The SMILES string of the molecule is O=C(O)N1CCCC(Nc2ccn(-c3ccccc3)n2)C1. The van der Waals surface area contributed by atoms with Crippen molar-refractivity contribution in [3.63, 3.8) is 0 Å². The molecule has 0 saturated carbocycles. The van der Waals surface area contributed by atoms with Crippen LogP contribution in [0.15, 0.2) is 42.6 Å². The number of benzene rings is 1. The number of nitrogens with zero attached hydrogens (tertiary/aromatic N) is 3. The zero-order valence-corrected chi connectivity index (χ0v) is 11.6. The lowest BCUT2D eigenvalue weighted by molar-refractivity contribution is 0.133. The molecule has 1 unspecified atom stereocenters. The minimum absolute atomic E-state index is 0.119. The van der Waals surface area contributed by atoms with Gasteiger partial charge in [0, 0.05) is 31.4 Å². The molecule has 3 rings (SSSR count). The molecule has 1 aliphatic rings. The number of rotatable bonds is 3. The van der Waals surface area contributed by atoms with Crippen LogP contribution >= 0.6 is 0 Å². The number of amides is 1. The van der Waals surface area contributed by atoms with Crippen LogP contribution in [0.4, 0.5) is 10.6 Å². The van der Waals surface area contributed by atoms with Gasteiger partial charge in [0.05, 0.1) is 5.69 Å². The van der Waals surface area contributed by atoms with Gasteiger partial charge in [0.15, 0.2) is 0 Å².